The molecule has 2 aromatic rings. The van der Waals surface area contributed by atoms with Crippen LogP contribution in [0.2, 0.25) is 0 Å². The summed E-state index contributed by atoms with van der Waals surface area (Å²) in [6.07, 6.45) is 1.52. The summed E-state index contributed by atoms with van der Waals surface area (Å²) in [7, 11) is 3.01. The Kier molecular flexibility index (Phi) is 4.18. The Morgan fingerprint density at radius 2 is 2.00 bits per heavy atom. The van der Waals surface area contributed by atoms with E-state index in [1.54, 1.807) is 30.3 Å². The van der Waals surface area contributed by atoms with Gasteiger partial charge in [0.15, 0.2) is 23.1 Å². The van der Waals surface area contributed by atoms with Crippen molar-refractivity contribution in [1.29, 1.82) is 0 Å². The van der Waals surface area contributed by atoms with Gasteiger partial charge < -0.3 is 24.8 Å². The van der Waals surface area contributed by atoms with E-state index in [9.17, 15) is 9.59 Å². The number of ether oxygens (including phenoxy) is 3. The van der Waals surface area contributed by atoms with E-state index in [1.165, 1.54) is 27.3 Å². The van der Waals surface area contributed by atoms with Gasteiger partial charge in [-0.15, -0.1) is 0 Å². The Hall–Kier alpha value is -3.29. The quantitative estimate of drug-likeness (QED) is 0.822. The van der Waals surface area contributed by atoms with Crippen molar-refractivity contribution in [1.82, 2.24) is 4.98 Å². The molecule has 1 aromatic heterocycles. The molecule has 0 fully saturated rings. The molecule has 130 valence electrons. The summed E-state index contributed by atoms with van der Waals surface area (Å²) in [5.41, 5.74) is -1.29. The average molecular weight is 343 g/mol. The van der Waals surface area contributed by atoms with Gasteiger partial charge in [0.25, 0.3) is 17.4 Å². The summed E-state index contributed by atoms with van der Waals surface area (Å²) in [4.78, 5) is 29.0. The van der Waals surface area contributed by atoms with Crippen LogP contribution in [0.4, 0.5) is 11.5 Å². The lowest BCUT2D eigenvalue weighted by Crippen LogP contribution is -2.56. The maximum absolute atomic E-state index is 12.7. The van der Waals surface area contributed by atoms with Crippen LogP contribution in [-0.2, 0) is 9.59 Å². The lowest BCUT2D eigenvalue weighted by molar-refractivity contribution is -0.143. The maximum Gasteiger partial charge on any atom is 0.279 e. The van der Waals surface area contributed by atoms with E-state index in [-0.39, 0.29) is 5.82 Å². The Bertz CT molecular complexity index is 839. The van der Waals surface area contributed by atoms with E-state index in [1.807, 2.05) is 0 Å². The number of fused-ring (bicyclic) bond motifs is 1. The third-order valence-electron chi connectivity index (χ3n) is 3.82. The van der Waals surface area contributed by atoms with Crippen LogP contribution in [0.5, 0.6) is 17.2 Å². The first-order valence-corrected chi connectivity index (χ1v) is 7.47. The predicted molar refractivity (Wildman–Crippen MR) is 90.1 cm³/mol. The van der Waals surface area contributed by atoms with Gasteiger partial charge in [-0.05, 0) is 31.2 Å². The molecule has 0 aliphatic carbocycles. The van der Waals surface area contributed by atoms with Crippen LogP contribution >= 0.6 is 0 Å². The molecule has 1 aliphatic rings. The van der Waals surface area contributed by atoms with E-state index >= 15 is 0 Å². The summed E-state index contributed by atoms with van der Waals surface area (Å²) in [6.45, 7) is 1.40. The van der Waals surface area contributed by atoms with E-state index in [2.05, 4.69) is 15.6 Å². The summed E-state index contributed by atoms with van der Waals surface area (Å²) in [6, 6.07) is 8.17. The highest BCUT2D eigenvalue weighted by atomic mass is 16.5. The predicted octanol–water partition coefficient (Wildman–Crippen LogP) is 1.83. The van der Waals surface area contributed by atoms with Crippen molar-refractivity contribution >= 4 is 23.3 Å². The molecule has 0 saturated heterocycles. The highest BCUT2D eigenvalue weighted by molar-refractivity contribution is 6.18. The zero-order valence-electron chi connectivity index (χ0n) is 14.0. The number of nitrogens with zero attached hydrogens (tertiary/aromatic N) is 1. The van der Waals surface area contributed by atoms with Gasteiger partial charge in [-0.3, -0.25) is 9.59 Å². The van der Waals surface area contributed by atoms with E-state index in [4.69, 9.17) is 14.2 Å². The van der Waals surface area contributed by atoms with Crippen LogP contribution in [0.25, 0.3) is 0 Å². The van der Waals surface area contributed by atoms with Gasteiger partial charge >= 0.3 is 0 Å². The summed E-state index contributed by atoms with van der Waals surface area (Å²) in [5.74, 6) is 0.367. The number of amides is 2. The number of aromatic nitrogens is 1. The third-order valence-corrected chi connectivity index (χ3v) is 3.82. The van der Waals surface area contributed by atoms with Gasteiger partial charge in [0.2, 0.25) is 0 Å². The first-order valence-electron chi connectivity index (χ1n) is 7.47. The molecule has 0 saturated carbocycles. The number of rotatable bonds is 4. The van der Waals surface area contributed by atoms with Crippen LogP contribution in [-0.4, -0.2) is 36.6 Å². The molecule has 1 atom stereocenters. The van der Waals surface area contributed by atoms with E-state index in [0.29, 0.717) is 22.9 Å². The van der Waals surface area contributed by atoms with Gasteiger partial charge in [0.1, 0.15) is 0 Å². The smallest absolute Gasteiger partial charge is 0.279 e. The van der Waals surface area contributed by atoms with Crippen LogP contribution in [0.3, 0.4) is 0 Å². The zero-order chi connectivity index (χ0) is 18.0. The Morgan fingerprint density at radius 3 is 2.72 bits per heavy atom. The molecular formula is C17H17N3O5. The Labute approximate surface area is 144 Å². The standard InChI is InChI=1S/C17H17N3O5/c1-17(16(22)20-14-12(25-17)5-4-8-18-14)15(21)19-10-6-7-11(23-2)13(9-10)24-3/h4-9H,1-3H3,(H,19,21)(H,18,20,22)/t17-/m0/s1. The molecule has 0 unspecified atom stereocenters. The summed E-state index contributed by atoms with van der Waals surface area (Å²) >= 11 is 0. The molecule has 3 rings (SSSR count). The van der Waals surface area contributed by atoms with Crippen molar-refractivity contribution in [3.05, 3.63) is 36.5 Å². The SMILES string of the molecule is COc1ccc(NC(=O)[C@]2(C)Oc3cccnc3NC2=O)cc1OC. The number of pyridine rings is 1. The lowest BCUT2D eigenvalue weighted by atomic mass is 10.0. The van der Waals surface area contributed by atoms with Crippen LogP contribution in [0.1, 0.15) is 6.92 Å². The lowest BCUT2D eigenvalue weighted by Gasteiger charge is -2.32. The topological polar surface area (TPSA) is 98.8 Å². The highest BCUT2D eigenvalue weighted by Gasteiger charge is 2.47. The minimum atomic E-state index is -1.73. The first kappa shape index (κ1) is 16.6. The minimum Gasteiger partial charge on any atom is -0.493 e. The number of hydrogen-bond acceptors (Lipinski definition) is 6. The van der Waals surface area contributed by atoms with Crippen molar-refractivity contribution in [2.75, 3.05) is 24.9 Å². The number of carbonyl (C=O) groups is 2. The molecule has 0 spiro atoms. The largest absolute Gasteiger partial charge is 0.493 e. The fourth-order valence-electron chi connectivity index (χ4n) is 2.37. The number of hydrogen-bond donors (Lipinski definition) is 2. The second-order valence-electron chi connectivity index (χ2n) is 5.46. The molecule has 2 heterocycles. The van der Waals surface area contributed by atoms with Crippen molar-refractivity contribution in [3.8, 4) is 17.2 Å². The van der Waals surface area contributed by atoms with E-state index < -0.39 is 17.4 Å². The maximum atomic E-state index is 12.7. The van der Waals surface area contributed by atoms with Crippen molar-refractivity contribution < 1.29 is 23.8 Å². The van der Waals surface area contributed by atoms with Gasteiger partial charge in [-0.1, -0.05) is 0 Å². The van der Waals surface area contributed by atoms with Gasteiger partial charge in [-0.2, -0.15) is 0 Å². The molecule has 1 aromatic carbocycles. The van der Waals surface area contributed by atoms with Crippen LogP contribution in [0, 0.1) is 0 Å². The number of methoxy groups -OCH3 is 2. The zero-order valence-corrected chi connectivity index (χ0v) is 14.0. The number of nitrogens with one attached hydrogen (secondary N) is 2. The second-order valence-corrected chi connectivity index (χ2v) is 5.46. The van der Waals surface area contributed by atoms with Crippen LogP contribution < -0.4 is 24.8 Å². The Balaban J connectivity index is 1.84. The molecule has 25 heavy (non-hydrogen) atoms. The summed E-state index contributed by atoms with van der Waals surface area (Å²) in [5, 5.41) is 5.24. The van der Waals surface area contributed by atoms with Gasteiger partial charge in [0, 0.05) is 18.0 Å². The number of carbonyl (C=O) groups excluding carboxylic acids is 2. The third kappa shape index (κ3) is 2.93. The van der Waals surface area contributed by atoms with Crippen molar-refractivity contribution in [2.24, 2.45) is 0 Å². The summed E-state index contributed by atoms with van der Waals surface area (Å²) < 4.78 is 16.0. The molecular weight excluding hydrogens is 326 g/mol. The van der Waals surface area contributed by atoms with Crippen molar-refractivity contribution in [2.45, 2.75) is 12.5 Å². The molecule has 2 N–H and O–H groups in total. The monoisotopic (exact) mass is 343 g/mol. The van der Waals surface area contributed by atoms with Gasteiger partial charge in [0.05, 0.1) is 14.2 Å². The van der Waals surface area contributed by atoms with Gasteiger partial charge in [-0.25, -0.2) is 4.98 Å². The molecule has 0 radical (unpaired) electrons. The number of anilines is 2. The number of benzene rings is 1. The minimum absolute atomic E-state index is 0.281. The second kappa shape index (κ2) is 6.31. The fourth-order valence-corrected chi connectivity index (χ4v) is 2.37. The fraction of sp³-hybridized carbons (Fsp3) is 0.235. The molecule has 8 heteroatoms. The van der Waals surface area contributed by atoms with E-state index in [0.717, 1.165) is 0 Å². The molecule has 1 aliphatic heterocycles. The van der Waals surface area contributed by atoms with Crippen molar-refractivity contribution in [3.63, 3.8) is 0 Å². The normalized spacial score (nSPS) is 18.4. The molecule has 0 bridgehead atoms. The molecule has 2 amide bonds. The molecule has 8 nitrogen and oxygen atoms in total. The Morgan fingerprint density at radius 1 is 1.24 bits per heavy atom. The van der Waals surface area contributed by atoms with Crippen LogP contribution in [0.15, 0.2) is 36.5 Å². The average Bonchev–Trinajstić information content (AvgIpc) is 2.62. The highest BCUT2D eigenvalue weighted by Crippen LogP contribution is 2.33. The first-order chi connectivity index (χ1) is 12.0.